The van der Waals surface area contributed by atoms with Gasteiger partial charge in [0.25, 0.3) is 0 Å². The molecule has 0 saturated heterocycles. The van der Waals surface area contributed by atoms with Crippen molar-refractivity contribution in [1.82, 2.24) is 4.72 Å². The third-order valence-corrected chi connectivity index (χ3v) is 4.58. The summed E-state index contributed by atoms with van der Waals surface area (Å²) in [6.45, 7) is 3.33. The van der Waals surface area contributed by atoms with Crippen molar-refractivity contribution in [2.24, 2.45) is 0 Å². The Morgan fingerprint density at radius 1 is 1.25 bits per heavy atom. The molecular weight excluding hydrogens is 298 g/mol. The van der Waals surface area contributed by atoms with Gasteiger partial charge in [0.15, 0.2) is 0 Å². The summed E-state index contributed by atoms with van der Waals surface area (Å²) in [7, 11) is -3.25. The molecule has 1 atom stereocenters. The normalized spacial score (nSPS) is 13.3. The van der Waals surface area contributed by atoms with E-state index in [0.717, 1.165) is 5.56 Å². The van der Waals surface area contributed by atoms with Crippen LogP contribution in [0.5, 0.6) is 0 Å². The van der Waals surface area contributed by atoms with Crippen LogP contribution in [0.4, 0.5) is 0 Å². The number of nitrogens with one attached hydrogen (secondary N) is 1. The lowest BCUT2D eigenvalue weighted by atomic mass is 10.0. The molecule has 0 amide bonds. The predicted molar refractivity (Wildman–Crippen MR) is 82.8 cm³/mol. The van der Waals surface area contributed by atoms with Gasteiger partial charge in [0.1, 0.15) is 0 Å². The van der Waals surface area contributed by atoms with E-state index in [-0.39, 0.29) is 11.7 Å². The highest BCUT2D eigenvalue weighted by Crippen LogP contribution is 2.16. The maximum atomic E-state index is 11.9. The minimum atomic E-state index is -3.25. The number of alkyl halides is 1. The van der Waals surface area contributed by atoms with E-state index in [1.807, 2.05) is 37.3 Å². The number of benzene rings is 1. The quantitative estimate of drug-likeness (QED) is 0.532. The average Bonchev–Trinajstić information content (AvgIpc) is 2.43. The summed E-state index contributed by atoms with van der Waals surface area (Å²) in [5.74, 6) is 0.529. The van der Waals surface area contributed by atoms with Crippen LogP contribution in [0.25, 0.3) is 0 Å². The zero-order chi connectivity index (χ0) is 14.8. The Hall–Kier alpha value is -0.620. The van der Waals surface area contributed by atoms with Gasteiger partial charge in [-0.1, -0.05) is 37.3 Å². The first-order valence-electron chi connectivity index (χ1n) is 6.71. The molecule has 4 nitrogen and oxygen atoms in total. The maximum absolute atomic E-state index is 11.9. The average molecular weight is 320 g/mol. The van der Waals surface area contributed by atoms with Gasteiger partial charge in [0, 0.05) is 19.0 Å². The number of hydrogen-bond donors (Lipinski definition) is 1. The Bertz CT molecular complexity index is 465. The fraction of sp³-hybridized carbons (Fsp3) is 0.571. The van der Waals surface area contributed by atoms with Crippen LogP contribution >= 0.6 is 11.6 Å². The molecule has 0 aromatic heterocycles. The summed E-state index contributed by atoms with van der Waals surface area (Å²) in [6, 6.07) is 9.64. The van der Waals surface area contributed by atoms with Crippen molar-refractivity contribution in [1.29, 1.82) is 0 Å². The van der Waals surface area contributed by atoms with Gasteiger partial charge >= 0.3 is 0 Å². The van der Waals surface area contributed by atoms with E-state index in [2.05, 4.69) is 4.72 Å². The van der Waals surface area contributed by atoms with Crippen LogP contribution in [0.2, 0.25) is 0 Å². The number of hydrogen-bond acceptors (Lipinski definition) is 3. The van der Waals surface area contributed by atoms with Gasteiger partial charge in [-0.05, 0) is 17.9 Å². The van der Waals surface area contributed by atoms with Crippen LogP contribution in [0.3, 0.4) is 0 Å². The molecule has 1 aromatic carbocycles. The third kappa shape index (κ3) is 7.24. The van der Waals surface area contributed by atoms with Gasteiger partial charge in [-0.25, -0.2) is 13.1 Å². The lowest BCUT2D eigenvalue weighted by Crippen LogP contribution is -2.30. The van der Waals surface area contributed by atoms with E-state index in [1.54, 1.807) is 0 Å². The van der Waals surface area contributed by atoms with Gasteiger partial charge in [0.2, 0.25) is 10.0 Å². The molecule has 0 radical (unpaired) electrons. The van der Waals surface area contributed by atoms with Crippen LogP contribution in [0, 0.1) is 0 Å². The summed E-state index contributed by atoms with van der Waals surface area (Å²) in [4.78, 5) is 0. The van der Waals surface area contributed by atoms with Gasteiger partial charge < -0.3 is 4.74 Å². The minimum absolute atomic E-state index is 0.0267. The van der Waals surface area contributed by atoms with E-state index in [4.69, 9.17) is 16.3 Å². The van der Waals surface area contributed by atoms with E-state index in [0.29, 0.717) is 32.1 Å². The molecular formula is C14H22ClNO3S. The first-order valence-corrected chi connectivity index (χ1v) is 8.90. The third-order valence-electron chi connectivity index (χ3n) is 2.85. The van der Waals surface area contributed by atoms with Crippen LogP contribution in [-0.4, -0.2) is 39.8 Å². The van der Waals surface area contributed by atoms with Crippen molar-refractivity contribution in [3.05, 3.63) is 35.9 Å². The summed E-state index contributed by atoms with van der Waals surface area (Å²) < 4.78 is 31.6. The van der Waals surface area contributed by atoms with Gasteiger partial charge in [-0.15, -0.1) is 11.6 Å². The van der Waals surface area contributed by atoms with Crippen LogP contribution < -0.4 is 4.72 Å². The number of halogens is 1. The molecule has 0 aliphatic carbocycles. The lowest BCUT2D eigenvalue weighted by molar-refractivity contribution is 0.147. The van der Waals surface area contributed by atoms with Crippen LogP contribution in [-0.2, 0) is 14.8 Å². The highest BCUT2D eigenvalue weighted by atomic mass is 35.5. The molecule has 1 aromatic rings. The monoisotopic (exact) mass is 319 g/mol. The fourth-order valence-corrected chi connectivity index (χ4v) is 3.36. The molecule has 1 N–H and O–H groups in total. The Kier molecular flexibility index (Phi) is 8.14. The largest absolute Gasteiger partial charge is 0.380 e. The lowest BCUT2D eigenvalue weighted by Gasteiger charge is -2.13. The van der Waals surface area contributed by atoms with Gasteiger partial charge in [0.05, 0.1) is 12.4 Å². The van der Waals surface area contributed by atoms with Crippen molar-refractivity contribution in [2.45, 2.75) is 19.3 Å². The van der Waals surface area contributed by atoms with E-state index in [9.17, 15) is 8.42 Å². The molecule has 0 saturated carbocycles. The van der Waals surface area contributed by atoms with Crippen molar-refractivity contribution in [3.8, 4) is 0 Å². The zero-order valence-electron chi connectivity index (χ0n) is 11.7. The second-order valence-electron chi connectivity index (χ2n) is 4.64. The molecule has 0 spiro atoms. The Morgan fingerprint density at radius 2 is 1.95 bits per heavy atom. The summed E-state index contributed by atoms with van der Waals surface area (Å²) in [5.41, 5.74) is 1.03. The summed E-state index contributed by atoms with van der Waals surface area (Å²) >= 11 is 5.47. The Labute approximate surface area is 126 Å². The molecule has 0 aliphatic rings. The number of ether oxygens (including phenoxy) is 1. The van der Waals surface area contributed by atoms with Crippen LogP contribution in [0.1, 0.15) is 24.8 Å². The van der Waals surface area contributed by atoms with Crippen molar-refractivity contribution in [2.75, 3.05) is 31.4 Å². The Balaban J connectivity index is 2.31. The topological polar surface area (TPSA) is 55.4 Å². The molecule has 0 bridgehead atoms. The van der Waals surface area contributed by atoms with Crippen molar-refractivity contribution in [3.63, 3.8) is 0 Å². The smallest absolute Gasteiger partial charge is 0.212 e. The van der Waals surface area contributed by atoms with E-state index < -0.39 is 10.0 Å². The standard InChI is InChI=1S/C14H22ClNO3S/c1-13(14-6-3-2-4-7-14)12-20(17,18)16-9-5-10-19-11-8-15/h2-4,6-7,13,16H,5,8-12H2,1H3. The summed E-state index contributed by atoms with van der Waals surface area (Å²) in [6.07, 6.45) is 0.649. The first kappa shape index (κ1) is 17.4. The molecule has 0 fully saturated rings. The maximum Gasteiger partial charge on any atom is 0.212 e. The first-order chi connectivity index (χ1) is 9.55. The molecule has 114 valence electrons. The highest BCUT2D eigenvalue weighted by molar-refractivity contribution is 7.89. The van der Waals surface area contributed by atoms with Crippen LogP contribution in [0.15, 0.2) is 30.3 Å². The van der Waals surface area contributed by atoms with E-state index >= 15 is 0 Å². The second-order valence-corrected chi connectivity index (χ2v) is 6.87. The minimum Gasteiger partial charge on any atom is -0.380 e. The summed E-state index contributed by atoms with van der Waals surface area (Å²) in [5, 5.41) is 0. The van der Waals surface area contributed by atoms with Crippen molar-refractivity contribution >= 4 is 21.6 Å². The molecule has 0 aliphatic heterocycles. The zero-order valence-corrected chi connectivity index (χ0v) is 13.3. The second kappa shape index (κ2) is 9.34. The fourth-order valence-electron chi connectivity index (χ4n) is 1.82. The molecule has 1 unspecified atom stereocenters. The molecule has 0 heterocycles. The molecule has 6 heteroatoms. The Morgan fingerprint density at radius 3 is 2.60 bits per heavy atom. The number of sulfonamides is 1. The predicted octanol–water partition coefficient (Wildman–Crippen LogP) is 2.36. The SMILES string of the molecule is CC(CS(=O)(=O)NCCCOCCCl)c1ccccc1. The molecule has 1 rings (SSSR count). The highest BCUT2D eigenvalue weighted by Gasteiger charge is 2.16. The molecule has 20 heavy (non-hydrogen) atoms. The van der Waals surface area contributed by atoms with Gasteiger partial charge in [-0.3, -0.25) is 0 Å². The number of rotatable bonds is 10. The van der Waals surface area contributed by atoms with Crippen molar-refractivity contribution < 1.29 is 13.2 Å². The van der Waals surface area contributed by atoms with Gasteiger partial charge in [-0.2, -0.15) is 0 Å². The van der Waals surface area contributed by atoms with E-state index in [1.165, 1.54) is 0 Å².